The Morgan fingerprint density at radius 1 is 1.06 bits per heavy atom. The predicted octanol–water partition coefficient (Wildman–Crippen LogP) is 1.92. The van der Waals surface area contributed by atoms with Gasteiger partial charge in [0.1, 0.15) is 11.8 Å². The van der Waals surface area contributed by atoms with Crippen LogP contribution in [0.15, 0.2) is 53.4 Å². The van der Waals surface area contributed by atoms with E-state index in [9.17, 15) is 18.0 Å². The van der Waals surface area contributed by atoms with Gasteiger partial charge in [-0.3, -0.25) is 9.59 Å². The van der Waals surface area contributed by atoms with Gasteiger partial charge in [-0.1, -0.05) is 24.3 Å². The summed E-state index contributed by atoms with van der Waals surface area (Å²) in [4.78, 5) is 24.4. The largest absolute Gasteiger partial charge is 0.497 e. The van der Waals surface area contributed by atoms with Gasteiger partial charge in [0.05, 0.1) is 12.0 Å². The fraction of sp³-hybridized carbons (Fsp3) is 0.304. The molecule has 0 saturated heterocycles. The molecule has 0 saturated carbocycles. The first kappa shape index (κ1) is 25.1. The molecule has 0 fully saturated rings. The van der Waals surface area contributed by atoms with E-state index in [0.29, 0.717) is 11.3 Å². The Morgan fingerprint density at radius 2 is 1.75 bits per heavy atom. The van der Waals surface area contributed by atoms with Crippen LogP contribution in [0.4, 0.5) is 0 Å². The maximum Gasteiger partial charge on any atom is 0.244 e. The average molecular weight is 460 g/mol. The van der Waals surface area contributed by atoms with Crippen molar-refractivity contribution in [3.63, 3.8) is 0 Å². The molecular formula is C23H29N3O5S. The second kappa shape index (κ2) is 11.4. The van der Waals surface area contributed by atoms with Crippen LogP contribution in [-0.2, 0) is 19.6 Å². The van der Waals surface area contributed by atoms with E-state index in [0.717, 1.165) is 11.1 Å². The summed E-state index contributed by atoms with van der Waals surface area (Å²) in [6, 6.07) is 11.6. The fourth-order valence-electron chi connectivity index (χ4n) is 2.81. The van der Waals surface area contributed by atoms with E-state index in [4.69, 9.17) is 4.74 Å². The molecule has 0 radical (unpaired) electrons. The fourth-order valence-corrected chi connectivity index (χ4v) is 4.17. The van der Waals surface area contributed by atoms with Gasteiger partial charge in [0, 0.05) is 19.2 Å². The summed E-state index contributed by atoms with van der Waals surface area (Å²) in [5.74, 6) is -0.116. The third kappa shape index (κ3) is 7.51. The number of ether oxygens (including phenoxy) is 1. The molecule has 0 heterocycles. The lowest BCUT2D eigenvalue weighted by molar-refractivity contribution is -0.126. The second-order valence-corrected chi connectivity index (χ2v) is 9.03. The van der Waals surface area contributed by atoms with E-state index < -0.39 is 27.9 Å². The molecule has 8 nitrogen and oxygen atoms in total. The van der Waals surface area contributed by atoms with Gasteiger partial charge in [-0.25, -0.2) is 13.1 Å². The number of hydrogen-bond donors (Lipinski definition) is 3. The number of carbonyl (C=O) groups excluding carboxylic acids is 2. The van der Waals surface area contributed by atoms with Crippen molar-refractivity contribution in [1.82, 2.24) is 15.4 Å². The highest BCUT2D eigenvalue weighted by atomic mass is 32.2. The normalized spacial score (nSPS) is 12.4. The van der Waals surface area contributed by atoms with Crippen molar-refractivity contribution in [1.29, 1.82) is 0 Å². The van der Waals surface area contributed by atoms with Crippen LogP contribution in [0.1, 0.15) is 23.6 Å². The summed E-state index contributed by atoms with van der Waals surface area (Å²) in [7, 11) is -2.10. The highest BCUT2D eigenvalue weighted by Gasteiger charge is 2.17. The van der Waals surface area contributed by atoms with Gasteiger partial charge in [-0.05, 0) is 61.7 Å². The van der Waals surface area contributed by atoms with Crippen LogP contribution in [0.5, 0.6) is 5.75 Å². The minimum atomic E-state index is -3.68. The van der Waals surface area contributed by atoms with E-state index in [1.165, 1.54) is 6.08 Å². The molecule has 1 atom stereocenters. The van der Waals surface area contributed by atoms with Crippen LogP contribution in [0, 0.1) is 13.8 Å². The van der Waals surface area contributed by atoms with Crippen LogP contribution in [0.3, 0.4) is 0 Å². The Bertz CT molecular complexity index is 1080. The van der Waals surface area contributed by atoms with Crippen LogP contribution < -0.4 is 20.1 Å². The van der Waals surface area contributed by atoms with Crippen molar-refractivity contribution in [2.75, 3.05) is 20.2 Å². The molecule has 3 N–H and O–H groups in total. The highest BCUT2D eigenvalue weighted by molar-refractivity contribution is 7.89. The molecule has 0 aliphatic heterocycles. The minimum Gasteiger partial charge on any atom is -0.497 e. The van der Waals surface area contributed by atoms with Gasteiger partial charge in [-0.2, -0.15) is 0 Å². The molecule has 9 heteroatoms. The molecule has 2 aromatic carbocycles. The molecule has 172 valence electrons. The van der Waals surface area contributed by atoms with E-state index in [2.05, 4.69) is 15.4 Å². The number of amides is 2. The second-order valence-electron chi connectivity index (χ2n) is 7.29. The maximum atomic E-state index is 12.5. The topological polar surface area (TPSA) is 114 Å². The Hall–Kier alpha value is -3.17. The molecule has 0 aliphatic carbocycles. The minimum absolute atomic E-state index is 0.0273. The first-order valence-electron chi connectivity index (χ1n) is 10.1. The molecule has 0 aromatic heterocycles. The molecular weight excluding hydrogens is 430 g/mol. The number of sulfonamides is 1. The first-order valence-corrected chi connectivity index (χ1v) is 11.6. The average Bonchev–Trinajstić information content (AvgIpc) is 2.77. The molecule has 0 spiro atoms. The van der Waals surface area contributed by atoms with Crippen molar-refractivity contribution >= 4 is 27.9 Å². The summed E-state index contributed by atoms with van der Waals surface area (Å²) in [6.07, 6.45) is 2.96. The van der Waals surface area contributed by atoms with Gasteiger partial charge in [0.15, 0.2) is 0 Å². The Morgan fingerprint density at radius 3 is 2.41 bits per heavy atom. The standard InChI is InChI=1S/C23H29N3O5S/c1-16-5-6-17(2)21(15-16)32(29,30)25-14-13-24-23(28)18(3)26-22(27)12-9-19-7-10-20(31-4)11-8-19/h5-12,15,18,25H,13-14H2,1-4H3,(H,24,28)(H,26,27)/b12-9+. The van der Waals surface area contributed by atoms with Crippen molar-refractivity contribution in [2.45, 2.75) is 31.7 Å². The lowest BCUT2D eigenvalue weighted by atomic mass is 10.2. The number of aryl methyl sites for hydroxylation is 2. The number of hydrogen-bond acceptors (Lipinski definition) is 5. The first-order chi connectivity index (χ1) is 15.1. The highest BCUT2D eigenvalue weighted by Crippen LogP contribution is 2.16. The van der Waals surface area contributed by atoms with E-state index >= 15 is 0 Å². The number of carbonyl (C=O) groups is 2. The monoisotopic (exact) mass is 459 g/mol. The van der Waals surface area contributed by atoms with E-state index in [1.54, 1.807) is 63.4 Å². The SMILES string of the molecule is COc1ccc(/C=C/C(=O)NC(C)C(=O)NCCNS(=O)(=O)c2cc(C)ccc2C)cc1. The van der Waals surface area contributed by atoms with E-state index in [-0.39, 0.29) is 18.0 Å². The summed E-state index contributed by atoms with van der Waals surface area (Å²) < 4.78 is 32.5. The van der Waals surface area contributed by atoms with Crippen LogP contribution in [0.25, 0.3) is 6.08 Å². The van der Waals surface area contributed by atoms with Gasteiger partial charge < -0.3 is 15.4 Å². The van der Waals surface area contributed by atoms with Gasteiger partial charge in [-0.15, -0.1) is 0 Å². The summed E-state index contributed by atoms with van der Waals surface area (Å²) in [6.45, 7) is 5.21. The zero-order chi connectivity index (χ0) is 23.7. The molecule has 2 rings (SSSR count). The Labute approximate surface area is 189 Å². The smallest absolute Gasteiger partial charge is 0.244 e. The molecule has 32 heavy (non-hydrogen) atoms. The molecule has 0 aliphatic rings. The van der Waals surface area contributed by atoms with Crippen molar-refractivity contribution in [2.24, 2.45) is 0 Å². The zero-order valence-corrected chi connectivity index (χ0v) is 19.5. The lowest BCUT2D eigenvalue weighted by Gasteiger charge is -2.14. The van der Waals surface area contributed by atoms with Crippen LogP contribution in [-0.4, -0.2) is 46.5 Å². The molecule has 0 bridgehead atoms. The number of methoxy groups -OCH3 is 1. The van der Waals surface area contributed by atoms with Crippen molar-refractivity contribution < 1.29 is 22.7 Å². The maximum absolute atomic E-state index is 12.5. The number of nitrogens with one attached hydrogen (secondary N) is 3. The summed E-state index contributed by atoms with van der Waals surface area (Å²) in [5, 5.41) is 5.17. The molecule has 1 unspecified atom stereocenters. The van der Waals surface area contributed by atoms with Crippen LogP contribution >= 0.6 is 0 Å². The predicted molar refractivity (Wildman–Crippen MR) is 124 cm³/mol. The van der Waals surface area contributed by atoms with E-state index in [1.807, 2.05) is 13.0 Å². The van der Waals surface area contributed by atoms with Crippen LogP contribution in [0.2, 0.25) is 0 Å². The molecule has 2 amide bonds. The van der Waals surface area contributed by atoms with Gasteiger partial charge in [0.2, 0.25) is 21.8 Å². The van der Waals surface area contributed by atoms with Crippen molar-refractivity contribution in [3.05, 3.63) is 65.2 Å². The molecule has 2 aromatic rings. The van der Waals surface area contributed by atoms with Gasteiger partial charge in [0.25, 0.3) is 0 Å². The Balaban J connectivity index is 1.78. The summed E-state index contributed by atoms with van der Waals surface area (Å²) in [5.41, 5.74) is 2.30. The number of benzene rings is 2. The number of rotatable bonds is 10. The summed E-state index contributed by atoms with van der Waals surface area (Å²) >= 11 is 0. The van der Waals surface area contributed by atoms with Crippen molar-refractivity contribution in [3.8, 4) is 5.75 Å². The third-order valence-corrected chi connectivity index (χ3v) is 6.25. The lowest BCUT2D eigenvalue weighted by Crippen LogP contribution is -2.46. The van der Waals surface area contributed by atoms with Gasteiger partial charge >= 0.3 is 0 Å². The Kier molecular flexibility index (Phi) is 8.98. The third-order valence-electron chi connectivity index (χ3n) is 4.64. The quantitative estimate of drug-likeness (QED) is 0.371. The zero-order valence-electron chi connectivity index (χ0n) is 18.6.